The van der Waals surface area contributed by atoms with Gasteiger partial charge < -0.3 is 0 Å². The Morgan fingerprint density at radius 2 is 0.535 bits per heavy atom. The van der Waals surface area contributed by atoms with Crippen LogP contribution in [0, 0.1) is 0 Å². The Morgan fingerprint density at radius 3 is 0.791 bits per heavy atom. The molecule has 6 aromatic carbocycles. The summed E-state index contributed by atoms with van der Waals surface area (Å²) in [4.78, 5) is 0. The molecule has 0 atom stereocenters. The summed E-state index contributed by atoms with van der Waals surface area (Å²) in [6.45, 7) is 0. The molecule has 0 unspecified atom stereocenters. The van der Waals surface area contributed by atoms with Gasteiger partial charge in [0.1, 0.15) is 0 Å². The summed E-state index contributed by atoms with van der Waals surface area (Å²) in [5, 5.41) is 0. The molecule has 0 radical (unpaired) electrons. The van der Waals surface area contributed by atoms with Crippen molar-refractivity contribution in [2.75, 3.05) is 0 Å². The number of hydrogen-bond acceptors (Lipinski definition) is 0. The molecule has 0 amide bonds. The second-order valence-electron chi connectivity index (χ2n) is 11.8. The first-order chi connectivity index (χ1) is 21.3. The second kappa shape index (κ2) is 14.6. The van der Waals surface area contributed by atoms with Gasteiger partial charge in [0.15, 0.2) is 0 Å². The molecule has 0 saturated heterocycles. The van der Waals surface area contributed by atoms with Crippen LogP contribution in [0.2, 0.25) is 0 Å². The molecule has 1 heteroatoms. The topological polar surface area (TPSA) is 0 Å². The van der Waals surface area contributed by atoms with Gasteiger partial charge in [0, 0.05) is 0 Å². The van der Waals surface area contributed by atoms with Gasteiger partial charge in [-0.1, -0.05) is 0 Å². The molecule has 0 nitrogen and oxygen atoms in total. The first-order valence-electron chi connectivity index (χ1n) is 15.6. The van der Waals surface area contributed by atoms with Crippen molar-refractivity contribution >= 4 is 44.2 Å². The van der Waals surface area contributed by atoms with Gasteiger partial charge in [0.05, 0.1) is 0 Å². The van der Waals surface area contributed by atoms with Crippen LogP contribution < -0.4 is 0 Å². The van der Waals surface area contributed by atoms with Gasteiger partial charge in [-0.2, -0.15) is 0 Å². The molecular weight excluding hydrogens is 642 g/mol. The summed E-state index contributed by atoms with van der Waals surface area (Å²) >= 11 is -2.17. The summed E-state index contributed by atoms with van der Waals surface area (Å²) < 4.78 is 0.00145. The number of hydrogen-bond donors (Lipinski definition) is 0. The molecular formula is C42H38Ba. The van der Waals surface area contributed by atoms with Crippen LogP contribution in [0.5, 0.6) is 0 Å². The molecule has 208 valence electrons. The van der Waals surface area contributed by atoms with Crippen molar-refractivity contribution < 1.29 is 0 Å². The van der Waals surface area contributed by atoms with Crippen molar-refractivity contribution in [2.45, 2.75) is 25.4 Å². The van der Waals surface area contributed by atoms with Crippen LogP contribution >= 0.6 is 0 Å². The molecule has 0 saturated carbocycles. The Hall–Kier alpha value is -3.11. The molecule has 0 aliphatic rings. The predicted molar refractivity (Wildman–Crippen MR) is 183 cm³/mol. The van der Waals surface area contributed by atoms with Gasteiger partial charge in [-0.3, -0.25) is 0 Å². The average Bonchev–Trinajstić information content (AvgIpc) is 3.11. The van der Waals surface area contributed by atoms with Gasteiger partial charge in [0.25, 0.3) is 0 Å². The fraction of sp³-hybridized carbons (Fsp3) is 0.143. The van der Waals surface area contributed by atoms with Crippen molar-refractivity contribution in [2.24, 2.45) is 0 Å². The number of benzene rings is 6. The first kappa shape index (κ1) is 29.9. The second-order valence-corrected chi connectivity index (χ2v) is 20.5. The third kappa shape index (κ3) is 7.01. The quantitative estimate of drug-likeness (QED) is 0.113. The predicted octanol–water partition coefficient (Wildman–Crippen LogP) is 9.84. The van der Waals surface area contributed by atoms with Crippen LogP contribution in [0.3, 0.4) is 0 Å². The van der Waals surface area contributed by atoms with Crippen LogP contribution in [-0.4, -0.2) is 44.2 Å². The van der Waals surface area contributed by atoms with Gasteiger partial charge in [-0.25, -0.2) is 0 Å². The van der Waals surface area contributed by atoms with Crippen molar-refractivity contribution in [1.82, 2.24) is 0 Å². The van der Waals surface area contributed by atoms with E-state index in [9.17, 15) is 0 Å². The molecule has 6 aromatic rings. The van der Waals surface area contributed by atoms with Gasteiger partial charge >= 0.3 is 285 Å². The van der Waals surface area contributed by atoms with E-state index in [1.807, 2.05) is 0 Å². The van der Waals surface area contributed by atoms with E-state index in [4.69, 9.17) is 0 Å². The fourth-order valence-corrected chi connectivity index (χ4v) is 18.0. The van der Waals surface area contributed by atoms with Crippen molar-refractivity contribution in [3.05, 3.63) is 215 Å². The van der Waals surface area contributed by atoms with E-state index in [1.165, 1.54) is 33.4 Å². The average molecular weight is 680 g/mol. The van der Waals surface area contributed by atoms with Crippen molar-refractivity contribution in [1.29, 1.82) is 0 Å². The van der Waals surface area contributed by atoms with Crippen LogP contribution in [0.25, 0.3) is 0 Å². The van der Waals surface area contributed by atoms with E-state index < -0.39 is 44.2 Å². The van der Waals surface area contributed by atoms with Gasteiger partial charge in [-0.15, -0.1) is 0 Å². The van der Waals surface area contributed by atoms with Gasteiger partial charge in [-0.05, 0) is 0 Å². The third-order valence-corrected chi connectivity index (χ3v) is 20.4. The van der Waals surface area contributed by atoms with E-state index >= 15 is 0 Å². The third-order valence-electron chi connectivity index (χ3n) is 9.28. The molecule has 0 heterocycles. The fourth-order valence-electron chi connectivity index (χ4n) is 7.04. The normalized spacial score (nSPS) is 11.5. The molecule has 0 aliphatic heterocycles. The molecule has 6 rings (SSSR count). The summed E-state index contributed by atoms with van der Waals surface area (Å²) in [5.41, 5.74) is 8.76. The van der Waals surface area contributed by atoms with E-state index in [2.05, 4.69) is 182 Å². The Morgan fingerprint density at radius 1 is 0.302 bits per heavy atom. The maximum atomic E-state index is 2.41. The molecule has 0 spiro atoms. The minimum atomic E-state index is -2.17. The molecule has 0 aromatic heterocycles. The van der Waals surface area contributed by atoms with Crippen LogP contribution in [0.1, 0.15) is 46.2 Å². The molecule has 0 N–H and O–H groups in total. The molecule has 0 aliphatic carbocycles. The van der Waals surface area contributed by atoms with Crippen LogP contribution in [0.4, 0.5) is 0 Å². The van der Waals surface area contributed by atoms with Gasteiger partial charge in [0.2, 0.25) is 0 Å². The minimum absolute atomic E-state index is 0.000726. The van der Waals surface area contributed by atoms with Crippen molar-refractivity contribution in [3.63, 3.8) is 0 Å². The zero-order valence-corrected chi connectivity index (χ0v) is 29.3. The Bertz CT molecular complexity index is 1440. The Kier molecular flexibility index (Phi) is 10.2. The SMILES string of the molecule is c1ccc(CC[C]([Ba][C](CCc2ccccc2)(c2ccccc2)c2ccccc2)(c2ccccc2)c2ccccc2)cc1. The first-order valence-corrected chi connectivity index (χ1v) is 20.0. The summed E-state index contributed by atoms with van der Waals surface area (Å²) in [7, 11) is 0. The number of rotatable bonds is 12. The van der Waals surface area contributed by atoms with Crippen molar-refractivity contribution in [3.8, 4) is 0 Å². The summed E-state index contributed by atoms with van der Waals surface area (Å²) in [6, 6.07) is 68.2. The van der Waals surface area contributed by atoms with Crippen LogP contribution in [0.15, 0.2) is 182 Å². The van der Waals surface area contributed by atoms with E-state index in [1.54, 1.807) is 0 Å². The Balaban J connectivity index is 1.58. The zero-order chi connectivity index (χ0) is 29.2. The summed E-state index contributed by atoms with van der Waals surface area (Å²) in [6.07, 6.45) is 4.34. The molecule has 43 heavy (non-hydrogen) atoms. The standard InChI is InChI=1S/2C21H19.Ba/c2*1-4-10-18(11-5-1)16-17-21(19-12-6-2-7-13-19)20-14-8-3-9-15-20;/h2*1-15H,16-17H2;. The Labute approximate surface area is 282 Å². The van der Waals surface area contributed by atoms with E-state index in [0.717, 1.165) is 25.7 Å². The van der Waals surface area contributed by atoms with Crippen LogP contribution in [-0.2, 0) is 12.6 Å². The molecule has 0 bridgehead atoms. The zero-order valence-electron chi connectivity index (χ0n) is 24.9. The molecule has 0 fully saturated rings. The monoisotopic (exact) mass is 680 g/mol. The van der Waals surface area contributed by atoms with E-state index in [0.29, 0.717) is 0 Å². The summed E-state index contributed by atoms with van der Waals surface area (Å²) in [5.74, 6) is 0. The number of aryl methyl sites for hydroxylation is 2. The maximum absolute atomic E-state index is 2.41. The van der Waals surface area contributed by atoms with E-state index in [-0.39, 0.29) is -0.234 Å².